The highest BCUT2D eigenvalue weighted by molar-refractivity contribution is 6.35. The summed E-state index contributed by atoms with van der Waals surface area (Å²) in [6, 6.07) is 2.65. The molecule has 1 aromatic carbocycles. The zero-order valence-electron chi connectivity index (χ0n) is 22.9. The van der Waals surface area contributed by atoms with Gasteiger partial charge in [-0.3, -0.25) is 14.4 Å². The molecular weight excluding hydrogens is 537 g/mol. The minimum Gasteiger partial charge on any atom is -0.336 e. The Labute approximate surface area is 229 Å². The summed E-state index contributed by atoms with van der Waals surface area (Å²) in [4.78, 5) is 40.4. The number of alkyl halides is 3. The van der Waals surface area contributed by atoms with Gasteiger partial charge in [0.2, 0.25) is 11.8 Å². The number of carbonyl (C=O) groups is 3. The number of nitrogens with zero attached hydrogens (tertiary/aromatic N) is 4. The summed E-state index contributed by atoms with van der Waals surface area (Å²) in [5.74, 6) is -4.21. The smallest absolute Gasteiger partial charge is 0.336 e. The zero-order valence-corrected chi connectivity index (χ0v) is 22.6. The molecule has 1 aromatic heterocycles. The highest BCUT2D eigenvalue weighted by Gasteiger charge is 2.70. The molecule has 1 saturated heterocycles. The quantitative estimate of drug-likeness (QED) is 0.571. The van der Waals surface area contributed by atoms with Gasteiger partial charge in [0, 0.05) is 17.3 Å². The second-order valence-corrected chi connectivity index (χ2v) is 12.0. The summed E-state index contributed by atoms with van der Waals surface area (Å²) in [6.45, 7) is 8.48. The molecule has 1 saturated carbocycles. The number of aromatic nitrogens is 2. The van der Waals surface area contributed by atoms with E-state index in [1.54, 1.807) is 23.5 Å². The molecule has 2 aromatic rings. The van der Waals surface area contributed by atoms with E-state index in [0.29, 0.717) is 5.39 Å². The first kappa shape index (κ1) is 27.1. The minimum absolute atomic E-state index is 0.0138. The minimum atomic E-state index is -5.20. The van der Waals surface area contributed by atoms with E-state index < -0.39 is 47.4 Å². The number of carbonyl (C=O) groups excluding carboxylic acids is 3. The average Bonchev–Trinajstić information content (AvgIpc) is 3.17. The molecule has 4 rings (SSSR count). The fourth-order valence-electron chi connectivity index (χ4n) is 5.49. The number of likely N-dealkylation sites (tertiary alicyclic amines) is 1. The summed E-state index contributed by atoms with van der Waals surface area (Å²) in [5, 5.41) is 22.9. The van der Waals surface area contributed by atoms with Gasteiger partial charge in [-0.15, -0.1) is 0 Å². The van der Waals surface area contributed by atoms with Crippen LogP contribution in [0.25, 0.3) is 10.8 Å². The number of hydrogen-bond donors (Lipinski definition) is 2. The number of nitriles is 1. The Morgan fingerprint density at radius 3 is 2.51 bits per heavy atom. The molecule has 5 atom stereocenters. The van der Waals surface area contributed by atoms with Gasteiger partial charge in [0.1, 0.15) is 17.8 Å². The predicted octanol–water partition coefficient (Wildman–Crippen LogP) is 3.54. The van der Waals surface area contributed by atoms with Gasteiger partial charge in [0.25, 0.3) is 0 Å². The third kappa shape index (κ3) is 5.12. The van der Waals surface area contributed by atoms with Crippen LogP contribution in [0.2, 0.25) is 5.02 Å². The van der Waals surface area contributed by atoms with Gasteiger partial charge in [0.15, 0.2) is 6.04 Å². The lowest BCUT2D eigenvalue weighted by Crippen LogP contribution is -2.60. The third-order valence-corrected chi connectivity index (χ3v) is 8.01. The lowest BCUT2D eigenvalue weighted by Gasteiger charge is -2.37. The van der Waals surface area contributed by atoms with Gasteiger partial charge in [-0.2, -0.15) is 28.6 Å². The first-order valence-electron chi connectivity index (χ1n) is 12.7. The molecule has 0 spiro atoms. The number of hydrogen-bond acceptors (Lipinski definition) is 6. The van der Waals surface area contributed by atoms with Crippen LogP contribution in [-0.2, 0) is 14.4 Å². The molecule has 1 aliphatic carbocycles. The fraction of sp³-hybridized carbons (Fsp3) is 0.538. The van der Waals surface area contributed by atoms with E-state index in [0.717, 1.165) is 0 Å². The van der Waals surface area contributed by atoms with Crippen molar-refractivity contribution in [1.82, 2.24) is 25.7 Å². The maximum atomic E-state index is 13.7. The maximum absolute atomic E-state index is 13.7. The summed E-state index contributed by atoms with van der Waals surface area (Å²) in [6.07, 6.45) is -5.37. The van der Waals surface area contributed by atoms with Crippen molar-refractivity contribution < 1.29 is 28.9 Å². The Kier molecular flexibility index (Phi) is 6.69. The van der Waals surface area contributed by atoms with Crippen molar-refractivity contribution in [2.75, 3.05) is 6.54 Å². The van der Waals surface area contributed by atoms with Crippen LogP contribution in [0.3, 0.4) is 0 Å². The normalized spacial score (nSPS) is 23.7. The van der Waals surface area contributed by atoms with Crippen LogP contribution in [0.1, 0.15) is 47.7 Å². The maximum Gasteiger partial charge on any atom is 0.471 e. The molecular formula is C26H28ClF3N6O3. The van der Waals surface area contributed by atoms with Gasteiger partial charge in [-0.25, -0.2) is 0 Å². The summed E-state index contributed by atoms with van der Waals surface area (Å²) in [7, 11) is 0. The first-order valence-corrected chi connectivity index (χ1v) is 12.6. The highest BCUT2D eigenvalue weighted by Crippen LogP contribution is 2.65. The van der Waals surface area contributed by atoms with Crippen LogP contribution >= 0.6 is 11.6 Å². The molecule has 1 unspecified atom stereocenters. The van der Waals surface area contributed by atoms with Crippen molar-refractivity contribution in [3.63, 3.8) is 0 Å². The molecule has 208 valence electrons. The summed E-state index contributed by atoms with van der Waals surface area (Å²) >= 11 is 6.34. The van der Waals surface area contributed by atoms with Crippen LogP contribution in [-0.4, -0.2) is 57.6 Å². The molecule has 0 radical (unpaired) electrons. The van der Waals surface area contributed by atoms with Gasteiger partial charge >= 0.3 is 12.1 Å². The monoisotopic (exact) mass is 565 g/mol. The zero-order chi connectivity index (χ0) is 29.9. The standard InChI is InChI=1S/C26H28ClF3N6O3/c1-24(2,3)20(34-23(39)26(28,29)30)22(38)36-11-13-17(25(13,4)5)19(36)21(37)33-15(9-31)18-16-12(10-32-35-18)7-6-8-14(16)27/h6-8,10,13,15,17,19-20H,11H2,1-5H3,(H,33,37)(H,34,39)/t13-,15?,17-,19-,20+/m0/s1/i10D. The average molecular weight is 566 g/mol. The van der Waals surface area contributed by atoms with Crippen molar-refractivity contribution in [3.05, 3.63) is 35.1 Å². The van der Waals surface area contributed by atoms with Gasteiger partial charge < -0.3 is 15.5 Å². The van der Waals surface area contributed by atoms with Crippen molar-refractivity contribution >= 4 is 40.1 Å². The number of amides is 3. The van der Waals surface area contributed by atoms with Crippen LogP contribution < -0.4 is 10.6 Å². The van der Waals surface area contributed by atoms with Crippen molar-refractivity contribution in [1.29, 1.82) is 5.26 Å². The van der Waals surface area contributed by atoms with E-state index in [4.69, 9.17) is 13.0 Å². The Morgan fingerprint density at radius 1 is 1.26 bits per heavy atom. The Morgan fingerprint density at radius 2 is 1.92 bits per heavy atom. The van der Waals surface area contributed by atoms with Gasteiger partial charge in [0.05, 0.1) is 18.6 Å². The number of fused-ring (bicyclic) bond motifs is 2. The van der Waals surface area contributed by atoms with Crippen molar-refractivity contribution in [2.45, 2.75) is 58.9 Å². The van der Waals surface area contributed by atoms with E-state index in [-0.39, 0.29) is 46.1 Å². The Balaban J connectivity index is 1.67. The molecule has 13 heteroatoms. The fourth-order valence-corrected chi connectivity index (χ4v) is 5.76. The summed E-state index contributed by atoms with van der Waals surface area (Å²) in [5.41, 5.74) is -1.43. The first-order chi connectivity index (χ1) is 18.4. The lowest BCUT2D eigenvalue weighted by atomic mass is 9.85. The third-order valence-electron chi connectivity index (χ3n) is 7.69. The van der Waals surface area contributed by atoms with Crippen molar-refractivity contribution in [2.24, 2.45) is 22.7 Å². The number of halogens is 4. The van der Waals surface area contributed by atoms with Gasteiger partial charge in [-0.05, 0) is 28.7 Å². The molecule has 2 N–H and O–H groups in total. The number of benzene rings is 1. The predicted molar refractivity (Wildman–Crippen MR) is 135 cm³/mol. The highest BCUT2D eigenvalue weighted by atomic mass is 35.5. The largest absolute Gasteiger partial charge is 0.471 e. The number of piperidine rings is 1. The van der Waals surface area contributed by atoms with E-state index in [1.165, 1.54) is 25.7 Å². The van der Waals surface area contributed by atoms with E-state index in [9.17, 15) is 32.8 Å². The summed E-state index contributed by atoms with van der Waals surface area (Å²) < 4.78 is 47.2. The Bertz CT molecular complexity index is 1440. The number of rotatable bonds is 5. The molecule has 0 bridgehead atoms. The molecule has 9 nitrogen and oxygen atoms in total. The lowest BCUT2D eigenvalue weighted by molar-refractivity contribution is -0.176. The molecule has 39 heavy (non-hydrogen) atoms. The SMILES string of the molecule is [2H]c1nnc(C(C#N)NC(=O)[C@@H]2[C@@H]3[C@H](CN2C(=O)[C@@H](NC(=O)C(F)(F)F)C(C)(C)C)C3(C)C)c2c(Cl)cccc12. The van der Waals surface area contributed by atoms with E-state index in [2.05, 4.69) is 15.5 Å². The van der Waals surface area contributed by atoms with Crippen LogP contribution in [0, 0.1) is 34.0 Å². The van der Waals surface area contributed by atoms with E-state index in [1.807, 2.05) is 19.9 Å². The second kappa shape index (κ2) is 9.62. The van der Waals surface area contributed by atoms with Crippen molar-refractivity contribution in [3.8, 4) is 6.07 Å². The molecule has 2 fully saturated rings. The van der Waals surface area contributed by atoms with Gasteiger partial charge in [-0.1, -0.05) is 58.4 Å². The molecule has 2 aliphatic rings. The van der Waals surface area contributed by atoms with Crippen LogP contribution in [0.5, 0.6) is 0 Å². The molecule has 1 aliphatic heterocycles. The molecule has 2 heterocycles. The second-order valence-electron chi connectivity index (χ2n) is 11.6. The number of nitrogens with one attached hydrogen (secondary N) is 2. The topological polar surface area (TPSA) is 128 Å². The Hall–Kier alpha value is -3.46. The van der Waals surface area contributed by atoms with Crippen LogP contribution in [0.15, 0.2) is 24.4 Å². The molecule has 3 amide bonds. The van der Waals surface area contributed by atoms with E-state index >= 15 is 0 Å². The van der Waals surface area contributed by atoms with Crippen LogP contribution in [0.4, 0.5) is 13.2 Å².